The van der Waals surface area contributed by atoms with Gasteiger partial charge in [-0.15, -0.1) is 0 Å². The summed E-state index contributed by atoms with van der Waals surface area (Å²) in [6.45, 7) is 4.52. The first-order valence-corrected chi connectivity index (χ1v) is 4.73. The van der Waals surface area contributed by atoms with Crippen LogP contribution in [0.25, 0.3) is 0 Å². The number of amides is 2. The first-order chi connectivity index (χ1) is 5.59. The van der Waals surface area contributed by atoms with Crippen molar-refractivity contribution in [1.82, 2.24) is 4.90 Å². The summed E-state index contributed by atoms with van der Waals surface area (Å²) in [4.78, 5) is 12.3. The summed E-state index contributed by atoms with van der Waals surface area (Å²) in [6, 6.07) is -0.436. The van der Waals surface area contributed by atoms with Gasteiger partial charge in [-0.1, -0.05) is 31.4 Å². The van der Waals surface area contributed by atoms with Crippen LogP contribution in [-0.4, -0.2) is 23.0 Å². The third-order valence-corrected chi connectivity index (χ3v) is 1.95. The number of urea groups is 1. The maximum Gasteiger partial charge on any atom is 0.315 e. The Morgan fingerprint density at radius 2 is 2.17 bits per heavy atom. The van der Waals surface area contributed by atoms with E-state index in [1.165, 1.54) is 4.90 Å². The summed E-state index contributed by atoms with van der Waals surface area (Å²) in [6.07, 6.45) is 3.20. The van der Waals surface area contributed by atoms with Gasteiger partial charge in [-0.3, -0.25) is 0 Å². The molecule has 0 aromatic carbocycles. The van der Waals surface area contributed by atoms with Crippen LogP contribution < -0.4 is 5.73 Å². The highest BCUT2D eigenvalue weighted by molar-refractivity contribution is 6.20. The van der Waals surface area contributed by atoms with Crippen molar-refractivity contribution >= 4 is 17.6 Å². The number of nitrogens with zero attached hydrogens (tertiary/aromatic N) is 1. The fraction of sp³-hybridized carbons (Fsp3) is 0.875. The predicted octanol–water partition coefficient (Wildman–Crippen LogP) is 2.14. The minimum Gasteiger partial charge on any atom is -0.351 e. The van der Waals surface area contributed by atoms with Crippen LogP contribution in [-0.2, 0) is 0 Å². The van der Waals surface area contributed by atoms with Crippen molar-refractivity contribution in [1.29, 1.82) is 0 Å². The highest BCUT2D eigenvalue weighted by Crippen LogP contribution is 2.06. The molecular formula is C8H17ClN2O. The molecule has 72 valence electrons. The lowest BCUT2D eigenvalue weighted by atomic mass is 10.2. The topological polar surface area (TPSA) is 46.3 Å². The summed E-state index contributed by atoms with van der Waals surface area (Å²) in [5.74, 6) is 0. The molecule has 0 radical (unpaired) electrons. The molecule has 1 unspecified atom stereocenters. The first kappa shape index (κ1) is 11.6. The maximum atomic E-state index is 10.8. The number of carbonyl (C=O) groups excluding carboxylic acids is 1. The molecule has 4 heteroatoms. The molecule has 0 aliphatic rings. The zero-order valence-corrected chi connectivity index (χ0v) is 8.47. The Bertz CT molecular complexity index is 139. The number of rotatable bonds is 5. The highest BCUT2D eigenvalue weighted by atomic mass is 35.5. The van der Waals surface area contributed by atoms with E-state index >= 15 is 0 Å². The van der Waals surface area contributed by atoms with Gasteiger partial charge in [-0.05, 0) is 13.3 Å². The zero-order valence-electron chi connectivity index (χ0n) is 7.72. The van der Waals surface area contributed by atoms with Gasteiger partial charge in [0.2, 0.25) is 0 Å². The van der Waals surface area contributed by atoms with E-state index in [4.69, 9.17) is 17.3 Å². The predicted molar refractivity (Wildman–Crippen MR) is 51.1 cm³/mol. The lowest BCUT2D eigenvalue weighted by molar-refractivity contribution is 0.203. The van der Waals surface area contributed by atoms with Gasteiger partial charge < -0.3 is 10.6 Å². The van der Waals surface area contributed by atoms with Crippen LogP contribution in [0.15, 0.2) is 0 Å². The minimum absolute atomic E-state index is 0.306. The number of halogens is 1. The van der Waals surface area contributed by atoms with E-state index in [9.17, 15) is 4.79 Å². The van der Waals surface area contributed by atoms with Crippen molar-refractivity contribution in [2.45, 2.75) is 38.6 Å². The molecule has 0 aromatic heterocycles. The quantitative estimate of drug-likeness (QED) is 0.405. The van der Waals surface area contributed by atoms with Gasteiger partial charge >= 0.3 is 6.03 Å². The Labute approximate surface area is 78.9 Å². The van der Waals surface area contributed by atoms with Crippen molar-refractivity contribution in [3.8, 4) is 0 Å². The van der Waals surface area contributed by atoms with Crippen LogP contribution in [0.5, 0.6) is 0 Å². The molecule has 0 aliphatic heterocycles. The fourth-order valence-corrected chi connectivity index (χ4v) is 1.19. The number of alkyl halides is 1. The van der Waals surface area contributed by atoms with E-state index in [0.717, 1.165) is 19.3 Å². The molecule has 0 saturated heterocycles. The Morgan fingerprint density at radius 1 is 1.58 bits per heavy atom. The summed E-state index contributed by atoms with van der Waals surface area (Å²) < 4.78 is 0. The number of unbranched alkanes of at least 4 members (excludes halogenated alkanes) is 2. The molecule has 0 aliphatic carbocycles. The second-order valence-electron chi connectivity index (χ2n) is 2.81. The lowest BCUT2D eigenvalue weighted by Gasteiger charge is -2.22. The summed E-state index contributed by atoms with van der Waals surface area (Å²) in [5, 5.41) is 0. The Kier molecular flexibility index (Phi) is 5.89. The molecular weight excluding hydrogens is 176 g/mol. The van der Waals surface area contributed by atoms with Crippen LogP contribution in [0.4, 0.5) is 4.79 Å². The standard InChI is InChI=1S/C8H17ClN2O/c1-3-4-5-6-11(7(2)9)8(10)12/h7H,3-6H2,1-2H3,(H2,10,12). The zero-order chi connectivity index (χ0) is 9.56. The van der Waals surface area contributed by atoms with Crippen LogP contribution >= 0.6 is 11.6 Å². The molecule has 0 aromatic rings. The third-order valence-electron chi connectivity index (χ3n) is 1.72. The smallest absolute Gasteiger partial charge is 0.315 e. The van der Waals surface area contributed by atoms with Crippen LogP contribution in [0.3, 0.4) is 0 Å². The monoisotopic (exact) mass is 192 g/mol. The van der Waals surface area contributed by atoms with Crippen molar-refractivity contribution in [2.75, 3.05) is 6.54 Å². The Balaban J connectivity index is 3.72. The van der Waals surface area contributed by atoms with Crippen molar-refractivity contribution < 1.29 is 4.79 Å². The molecule has 0 rings (SSSR count). The van der Waals surface area contributed by atoms with Gasteiger partial charge in [0.25, 0.3) is 0 Å². The Hall–Kier alpha value is -0.440. The van der Waals surface area contributed by atoms with Gasteiger partial charge in [-0.25, -0.2) is 4.79 Å². The van der Waals surface area contributed by atoms with Gasteiger partial charge in [0.15, 0.2) is 0 Å². The first-order valence-electron chi connectivity index (χ1n) is 4.29. The van der Waals surface area contributed by atoms with Gasteiger partial charge in [0.05, 0.1) is 0 Å². The molecule has 0 heterocycles. The molecule has 12 heavy (non-hydrogen) atoms. The van der Waals surface area contributed by atoms with E-state index in [-0.39, 0.29) is 5.50 Å². The molecule has 0 spiro atoms. The number of hydrogen-bond acceptors (Lipinski definition) is 1. The average molecular weight is 193 g/mol. The molecule has 2 N–H and O–H groups in total. The molecule has 2 amide bonds. The van der Waals surface area contributed by atoms with E-state index in [1.54, 1.807) is 6.92 Å². The van der Waals surface area contributed by atoms with Crippen molar-refractivity contribution in [2.24, 2.45) is 5.73 Å². The molecule has 0 fully saturated rings. The SMILES string of the molecule is CCCCCN(C(N)=O)C(C)Cl. The van der Waals surface area contributed by atoms with Crippen molar-refractivity contribution in [3.63, 3.8) is 0 Å². The number of nitrogens with two attached hydrogens (primary N) is 1. The van der Waals surface area contributed by atoms with Crippen molar-refractivity contribution in [3.05, 3.63) is 0 Å². The molecule has 3 nitrogen and oxygen atoms in total. The van der Waals surface area contributed by atoms with Gasteiger partial charge in [-0.2, -0.15) is 0 Å². The van der Waals surface area contributed by atoms with Crippen LogP contribution in [0.1, 0.15) is 33.1 Å². The second-order valence-corrected chi connectivity index (χ2v) is 3.44. The molecule has 0 bridgehead atoms. The maximum absolute atomic E-state index is 10.8. The lowest BCUT2D eigenvalue weighted by Crippen LogP contribution is -2.40. The van der Waals surface area contributed by atoms with Crippen LogP contribution in [0, 0.1) is 0 Å². The van der Waals surface area contributed by atoms with E-state index < -0.39 is 6.03 Å². The van der Waals surface area contributed by atoms with E-state index in [2.05, 4.69) is 6.92 Å². The van der Waals surface area contributed by atoms with E-state index in [1.807, 2.05) is 0 Å². The highest BCUT2D eigenvalue weighted by Gasteiger charge is 2.13. The summed E-state index contributed by atoms with van der Waals surface area (Å²) >= 11 is 5.74. The number of primary amides is 1. The normalized spacial score (nSPS) is 12.6. The molecule has 1 atom stereocenters. The fourth-order valence-electron chi connectivity index (χ4n) is 0.996. The Morgan fingerprint density at radius 3 is 2.50 bits per heavy atom. The molecule has 0 saturated carbocycles. The van der Waals surface area contributed by atoms with Crippen LogP contribution in [0.2, 0.25) is 0 Å². The second kappa shape index (κ2) is 6.12. The summed E-state index contributed by atoms with van der Waals surface area (Å²) in [5.41, 5.74) is 4.82. The summed E-state index contributed by atoms with van der Waals surface area (Å²) in [7, 11) is 0. The average Bonchev–Trinajstić information content (AvgIpc) is 1.96. The van der Waals surface area contributed by atoms with E-state index in [0.29, 0.717) is 6.54 Å². The van der Waals surface area contributed by atoms with Gasteiger partial charge in [0, 0.05) is 6.54 Å². The van der Waals surface area contributed by atoms with Gasteiger partial charge in [0.1, 0.15) is 5.50 Å². The third kappa shape index (κ3) is 4.44. The minimum atomic E-state index is -0.436. The number of carbonyl (C=O) groups is 1. The largest absolute Gasteiger partial charge is 0.351 e. The number of hydrogen-bond donors (Lipinski definition) is 1.